The average molecular weight is 486 g/mol. The lowest BCUT2D eigenvalue weighted by molar-refractivity contribution is -0.142. The maximum atomic E-state index is 12.9. The third kappa shape index (κ3) is 5.91. The molecule has 0 atom stereocenters. The number of carbonyl (C=O) groups excluding carboxylic acids is 2. The van der Waals surface area contributed by atoms with Crippen LogP contribution in [0, 0.1) is 9.39 Å². The minimum absolute atomic E-state index is 0.246. The number of nitrogens with zero attached hydrogens (tertiary/aromatic N) is 1. The molecule has 0 spiro atoms. The summed E-state index contributed by atoms with van der Waals surface area (Å²) in [6.45, 7) is -0.246. The van der Waals surface area contributed by atoms with Crippen molar-refractivity contribution in [1.29, 1.82) is 0 Å². The van der Waals surface area contributed by atoms with Crippen molar-refractivity contribution < 1.29 is 28.2 Å². The van der Waals surface area contributed by atoms with Crippen LogP contribution in [-0.2, 0) is 9.53 Å². The molecule has 1 N–H and O–H groups in total. The Labute approximate surface area is 168 Å². The molecule has 1 amide bonds. The molecule has 0 radical (unpaired) electrons. The average Bonchev–Trinajstić information content (AvgIpc) is 2.66. The molecule has 0 aromatic heterocycles. The number of halogens is 2. The van der Waals surface area contributed by atoms with Gasteiger partial charge in [-0.25, -0.2) is 14.6 Å². The van der Waals surface area contributed by atoms with Gasteiger partial charge in [0.2, 0.25) is 0 Å². The molecule has 0 aliphatic rings. The Morgan fingerprint density at radius 2 is 1.93 bits per heavy atom. The third-order valence-corrected chi connectivity index (χ3v) is 4.10. The van der Waals surface area contributed by atoms with E-state index in [1.807, 2.05) is 22.6 Å². The molecule has 7 nitrogen and oxygen atoms in total. The van der Waals surface area contributed by atoms with Gasteiger partial charge in [0.15, 0.2) is 18.1 Å². The normalized spacial score (nSPS) is 10.5. The highest BCUT2D eigenvalue weighted by atomic mass is 127. The second-order valence-corrected chi connectivity index (χ2v) is 6.27. The van der Waals surface area contributed by atoms with Crippen LogP contribution in [0.2, 0.25) is 0 Å². The van der Waals surface area contributed by atoms with E-state index in [0.29, 0.717) is 20.6 Å². The van der Waals surface area contributed by atoms with Gasteiger partial charge in [-0.3, -0.25) is 4.79 Å². The van der Waals surface area contributed by atoms with E-state index in [4.69, 9.17) is 9.47 Å². The first kappa shape index (κ1) is 20.6. The number of ether oxygens (including phenoxy) is 3. The maximum absolute atomic E-state index is 12.9. The molecular weight excluding hydrogens is 470 g/mol. The summed E-state index contributed by atoms with van der Waals surface area (Å²) < 4.78 is 28.8. The van der Waals surface area contributed by atoms with E-state index in [1.165, 1.54) is 44.7 Å². The molecule has 0 bridgehead atoms. The Bertz CT molecular complexity index is 856. The van der Waals surface area contributed by atoms with Gasteiger partial charge in [0, 0.05) is 5.56 Å². The first-order valence-electron chi connectivity index (χ1n) is 7.60. The van der Waals surface area contributed by atoms with Crippen molar-refractivity contribution in [3.63, 3.8) is 0 Å². The molecule has 0 saturated carbocycles. The van der Waals surface area contributed by atoms with Gasteiger partial charge in [-0.15, -0.1) is 0 Å². The van der Waals surface area contributed by atoms with E-state index in [0.717, 1.165) is 0 Å². The van der Waals surface area contributed by atoms with Crippen molar-refractivity contribution in [3.05, 3.63) is 56.9 Å². The molecule has 27 heavy (non-hydrogen) atoms. The highest BCUT2D eigenvalue weighted by molar-refractivity contribution is 14.1. The van der Waals surface area contributed by atoms with E-state index >= 15 is 0 Å². The van der Waals surface area contributed by atoms with Crippen LogP contribution < -0.4 is 14.9 Å². The standard InChI is InChI=1S/C18H16FIN2O5/c1-25-15-8-11(7-14(20)17(15)27-10-16(23)26-2)9-21-22-18(24)12-3-5-13(19)6-4-12/h3-9H,10H2,1-2H3,(H,22,24)/b21-9-. The monoisotopic (exact) mass is 486 g/mol. The predicted octanol–water partition coefficient (Wildman–Crippen LogP) is 2.75. The summed E-state index contributed by atoms with van der Waals surface area (Å²) in [7, 11) is 2.74. The zero-order valence-electron chi connectivity index (χ0n) is 14.5. The highest BCUT2D eigenvalue weighted by Gasteiger charge is 2.13. The zero-order chi connectivity index (χ0) is 19.8. The van der Waals surface area contributed by atoms with Gasteiger partial charge in [0.25, 0.3) is 5.91 Å². The molecule has 0 fully saturated rings. The summed E-state index contributed by atoms with van der Waals surface area (Å²) in [6.07, 6.45) is 1.43. The van der Waals surface area contributed by atoms with Gasteiger partial charge < -0.3 is 14.2 Å². The molecule has 0 heterocycles. The lowest BCUT2D eigenvalue weighted by Crippen LogP contribution is -2.17. The fraction of sp³-hybridized carbons (Fsp3) is 0.167. The number of amides is 1. The fourth-order valence-electron chi connectivity index (χ4n) is 1.98. The van der Waals surface area contributed by atoms with Gasteiger partial charge in [-0.2, -0.15) is 5.10 Å². The fourth-order valence-corrected chi connectivity index (χ4v) is 2.76. The number of esters is 1. The molecule has 0 aliphatic carbocycles. The first-order chi connectivity index (χ1) is 12.9. The topological polar surface area (TPSA) is 86.2 Å². The van der Waals surface area contributed by atoms with Crippen molar-refractivity contribution in [1.82, 2.24) is 5.43 Å². The van der Waals surface area contributed by atoms with Crippen LogP contribution in [0.4, 0.5) is 4.39 Å². The molecule has 2 aromatic rings. The lowest BCUT2D eigenvalue weighted by atomic mass is 10.2. The zero-order valence-corrected chi connectivity index (χ0v) is 16.7. The number of methoxy groups -OCH3 is 2. The summed E-state index contributed by atoms with van der Waals surface area (Å²) in [5.74, 6) is -0.604. The lowest BCUT2D eigenvalue weighted by Gasteiger charge is -2.12. The summed E-state index contributed by atoms with van der Waals surface area (Å²) in [4.78, 5) is 23.2. The Morgan fingerprint density at radius 1 is 1.22 bits per heavy atom. The van der Waals surface area contributed by atoms with Gasteiger partial charge in [-0.05, 0) is 64.6 Å². The molecule has 0 unspecified atom stereocenters. The summed E-state index contributed by atoms with van der Waals surface area (Å²) >= 11 is 2.03. The molecule has 0 aliphatic heterocycles. The van der Waals surface area contributed by atoms with Crippen molar-refractivity contribution in [2.75, 3.05) is 20.8 Å². The number of hydrogen-bond acceptors (Lipinski definition) is 6. The molecule has 142 valence electrons. The van der Waals surface area contributed by atoms with Gasteiger partial charge >= 0.3 is 5.97 Å². The quantitative estimate of drug-likeness (QED) is 0.282. The number of benzene rings is 2. The van der Waals surface area contributed by atoms with Crippen molar-refractivity contribution in [2.24, 2.45) is 5.10 Å². The maximum Gasteiger partial charge on any atom is 0.343 e. The van der Waals surface area contributed by atoms with Crippen LogP contribution in [0.25, 0.3) is 0 Å². The van der Waals surface area contributed by atoms with E-state index in [2.05, 4.69) is 15.3 Å². The highest BCUT2D eigenvalue weighted by Crippen LogP contribution is 2.33. The Balaban J connectivity index is 2.08. The number of rotatable bonds is 7. The smallest absolute Gasteiger partial charge is 0.343 e. The van der Waals surface area contributed by atoms with Crippen LogP contribution in [0.15, 0.2) is 41.5 Å². The van der Waals surface area contributed by atoms with Crippen molar-refractivity contribution in [3.8, 4) is 11.5 Å². The predicted molar refractivity (Wildman–Crippen MR) is 105 cm³/mol. The molecular formula is C18H16FIN2O5. The Morgan fingerprint density at radius 3 is 2.56 bits per heavy atom. The number of nitrogens with one attached hydrogen (secondary N) is 1. The van der Waals surface area contributed by atoms with E-state index in [1.54, 1.807) is 12.1 Å². The minimum atomic E-state index is -0.512. The second-order valence-electron chi connectivity index (χ2n) is 5.10. The van der Waals surface area contributed by atoms with Gasteiger partial charge in [-0.1, -0.05) is 0 Å². The minimum Gasteiger partial charge on any atom is -0.493 e. The molecule has 2 rings (SSSR count). The molecule has 2 aromatic carbocycles. The number of carbonyl (C=O) groups is 2. The van der Waals surface area contributed by atoms with Crippen molar-refractivity contribution >= 4 is 40.7 Å². The first-order valence-corrected chi connectivity index (χ1v) is 8.68. The van der Waals surface area contributed by atoms with Crippen LogP contribution in [0.5, 0.6) is 11.5 Å². The van der Waals surface area contributed by atoms with E-state index < -0.39 is 17.7 Å². The van der Waals surface area contributed by atoms with Gasteiger partial charge in [0.1, 0.15) is 5.82 Å². The van der Waals surface area contributed by atoms with Crippen LogP contribution in [0.3, 0.4) is 0 Å². The number of hydrogen-bond donors (Lipinski definition) is 1. The SMILES string of the molecule is COC(=O)COc1c(I)cc(/C=N\NC(=O)c2ccc(F)cc2)cc1OC. The third-order valence-electron chi connectivity index (χ3n) is 3.30. The van der Waals surface area contributed by atoms with Crippen LogP contribution in [0.1, 0.15) is 15.9 Å². The Kier molecular flexibility index (Phi) is 7.53. The largest absolute Gasteiger partial charge is 0.493 e. The summed E-state index contributed by atoms with van der Waals surface area (Å²) in [5.41, 5.74) is 3.28. The molecule has 9 heteroatoms. The molecule has 0 saturated heterocycles. The second kappa shape index (κ2) is 9.86. The summed E-state index contributed by atoms with van der Waals surface area (Å²) in [6, 6.07) is 8.49. The van der Waals surface area contributed by atoms with E-state index in [9.17, 15) is 14.0 Å². The van der Waals surface area contributed by atoms with Gasteiger partial charge in [0.05, 0.1) is 24.0 Å². The van der Waals surface area contributed by atoms with Crippen LogP contribution >= 0.6 is 22.6 Å². The van der Waals surface area contributed by atoms with Crippen LogP contribution in [-0.4, -0.2) is 38.9 Å². The van der Waals surface area contributed by atoms with E-state index in [-0.39, 0.29) is 12.2 Å². The van der Waals surface area contributed by atoms with Crippen molar-refractivity contribution in [2.45, 2.75) is 0 Å². The summed E-state index contributed by atoms with van der Waals surface area (Å²) in [5, 5.41) is 3.88. The Hall–Kier alpha value is -2.69. The number of hydrazone groups is 1.